The van der Waals surface area contributed by atoms with Gasteiger partial charge >= 0.3 is 6.01 Å². The second kappa shape index (κ2) is 3.37. The molecule has 1 aliphatic heterocycles. The van der Waals surface area contributed by atoms with Crippen molar-refractivity contribution in [3.63, 3.8) is 0 Å². The van der Waals surface area contributed by atoms with Crippen LogP contribution >= 0.6 is 15.9 Å². The summed E-state index contributed by atoms with van der Waals surface area (Å²) in [5.74, 6) is 0. The van der Waals surface area contributed by atoms with E-state index in [1.165, 1.54) is 0 Å². The second-order valence-electron chi connectivity index (χ2n) is 2.46. The Kier molecular flexibility index (Phi) is 2.23. The largest absolute Gasteiger partial charge is 0.455 e. The first kappa shape index (κ1) is 7.94. The van der Waals surface area contributed by atoms with Crippen LogP contribution in [0.5, 0.6) is 6.01 Å². The fraction of sp³-hybridized carbons (Fsp3) is 0.429. The van der Waals surface area contributed by atoms with Gasteiger partial charge in [0.1, 0.15) is 6.10 Å². The van der Waals surface area contributed by atoms with Crippen molar-refractivity contribution in [3.05, 3.63) is 16.9 Å². The van der Waals surface area contributed by atoms with Crippen LogP contribution in [-0.4, -0.2) is 29.3 Å². The predicted octanol–water partition coefficient (Wildman–Crippen LogP) is 1.02. The van der Waals surface area contributed by atoms with E-state index in [9.17, 15) is 0 Å². The summed E-state index contributed by atoms with van der Waals surface area (Å²) in [4.78, 5) is 7.93. The van der Waals surface area contributed by atoms with E-state index in [2.05, 4.69) is 25.9 Å². The van der Waals surface area contributed by atoms with Gasteiger partial charge < -0.3 is 9.47 Å². The highest BCUT2D eigenvalue weighted by atomic mass is 79.9. The van der Waals surface area contributed by atoms with E-state index in [0.717, 1.165) is 4.47 Å². The molecule has 4 nitrogen and oxygen atoms in total. The van der Waals surface area contributed by atoms with Gasteiger partial charge in [-0.05, 0) is 15.9 Å². The molecular weight excluding hydrogens is 224 g/mol. The summed E-state index contributed by atoms with van der Waals surface area (Å²) < 4.78 is 11.1. The lowest BCUT2D eigenvalue weighted by Gasteiger charge is -2.25. The van der Waals surface area contributed by atoms with Crippen LogP contribution in [0.4, 0.5) is 0 Å². The van der Waals surface area contributed by atoms with Gasteiger partial charge in [-0.1, -0.05) is 0 Å². The molecule has 0 unspecified atom stereocenters. The van der Waals surface area contributed by atoms with Crippen LogP contribution in [0.2, 0.25) is 0 Å². The Morgan fingerprint density at radius 2 is 2.08 bits per heavy atom. The van der Waals surface area contributed by atoms with E-state index in [4.69, 9.17) is 9.47 Å². The van der Waals surface area contributed by atoms with Crippen molar-refractivity contribution in [2.75, 3.05) is 13.2 Å². The lowest BCUT2D eigenvalue weighted by atomic mass is 10.3. The minimum absolute atomic E-state index is 0.131. The van der Waals surface area contributed by atoms with Gasteiger partial charge in [0.15, 0.2) is 0 Å². The smallest absolute Gasteiger partial charge is 0.316 e. The molecule has 1 aromatic heterocycles. The molecule has 0 aromatic carbocycles. The molecule has 1 aliphatic rings. The lowest BCUT2D eigenvalue weighted by molar-refractivity contribution is -0.0831. The molecule has 2 heterocycles. The number of ether oxygens (including phenoxy) is 2. The van der Waals surface area contributed by atoms with E-state index in [1.54, 1.807) is 12.4 Å². The Balaban J connectivity index is 1.98. The summed E-state index contributed by atoms with van der Waals surface area (Å²) in [7, 11) is 0. The van der Waals surface area contributed by atoms with Gasteiger partial charge in [-0.15, -0.1) is 0 Å². The Bertz CT molecular complexity index is 261. The fourth-order valence-electron chi connectivity index (χ4n) is 0.792. The standard InChI is InChI=1S/C7H7BrN2O2/c8-5-1-9-7(10-2-5)12-6-3-11-4-6/h1-2,6H,3-4H2. The maximum absolute atomic E-state index is 5.34. The number of nitrogens with zero attached hydrogens (tertiary/aromatic N) is 2. The van der Waals surface area contributed by atoms with Crippen LogP contribution in [0.25, 0.3) is 0 Å². The minimum Gasteiger partial charge on any atom is -0.455 e. The topological polar surface area (TPSA) is 44.2 Å². The summed E-state index contributed by atoms with van der Waals surface area (Å²) in [5.41, 5.74) is 0. The molecule has 1 saturated heterocycles. The first-order valence-electron chi connectivity index (χ1n) is 3.56. The van der Waals surface area contributed by atoms with Gasteiger partial charge in [0.05, 0.1) is 17.7 Å². The van der Waals surface area contributed by atoms with Crippen molar-refractivity contribution in [1.29, 1.82) is 0 Å². The fourth-order valence-corrected chi connectivity index (χ4v) is 0.997. The molecule has 12 heavy (non-hydrogen) atoms. The van der Waals surface area contributed by atoms with Crippen LogP contribution in [0, 0.1) is 0 Å². The Morgan fingerprint density at radius 1 is 1.42 bits per heavy atom. The summed E-state index contributed by atoms with van der Waals surface area (Å²) >= 11 is 3.24. The third-order valence-electron chi connectivity index (χ3n) is 1.48. The Labute approximate surface area is 78.1 Å². The molecule has 0 bridgehead atoms. The van der Waals surface area contributed by atoms with E-state index < -0.39 is 0 Å². The lowest BCUT2D eigenvalue weighted by Crippen LogP contribution is -2.38. The zero-order valence-corrected chi connectivity index (χ0v) is 7.82. The summed E-state index contributed by atoms with van der Waals surface area (Å²) in [6.07, 6.45) is 3.44. The molecule has 0 saturated carbocycles. The molecule has 5 heteroatoms. The van der Waals surface area contributed by atoms with Crippen LogP contribution in [0.15, 0.2) is 16.9 Å². The maximum Gasteiger partial charge on any atom is 0.316 e. The molecule has 1 aromatic rings. The van der Waals surface area contributed by atoms with Crippen LogP contribution in [0.3, 0.4) is 0 Å². The molecule has 0 N–H and O–H groups in total. The molecule has 1 fully saturated rings. The van der Waals surface area contributed by atoms with Gasteiger partial charge in [-0.2, -0.15) is 0 Å². The number of aromatic nitrogens is 2. The van der Waals surface area contributed by atoms with E-state index in [1.807, 2.05) is 0 Å². The number of hydrogen-bond acceptors (Lipinski definition) is 4. The SMILES string of the molecule is Brc1cnc(OC2COC2)nc1. The molecule has 0 aliphatic carbocycles. The van der Waals surface area contributed by atoms with Gasteiger partial charge in [-0.25, -0.2) is 9.97 Å². The first-order chi connectivity index (χ1) is 5.84. The summed E-state index contributed by atoms with van der Waals surface area (Å²) in [6.45, 7) is 1.28. The third kappa shape index (κ3) is 1.73. The Hall–Kier alpha value is -0.680. The Morgan fingerprint density at radius 3 is 2.58 bits per heavy atom. The molecule has 2 rings (SSSR count). The van der Waals surface area contributed by atoms with Crippen molar-refractivity contribution in [2.24, 2.45) is 0 Å². The van der Waals surface area contributed by atoms with Crippen LogP contribution < -0.4 is 4.74 Å². The zero-order valence-electron chi connectivity index (χ0n) is 6.24. The van der Waals surface area contributed by atoms with Crippen molar-refractivity contribution in [2.45, 2.75) is 6.10 Å². The average molecular weight is 231 g/mol. The molecule has 64 valence electrons. The van der Waals surface area contributed by atoms with E-state index >= 15 is 0 Å². The summed E-state index contributed by atoms with van der Waals surface area (Å²) in [5, 5.41) is 0. The average Bonchev–Trinajstić information content (AvgIpc) is 2.00. The predicted molar refractivity (Wildman–Crippen MR) is 45.0 cm³/mol. The number of hydrogen-bond donors (Lipinski definition) is 0. The summed E-state index contributed by atoms with van der Waals surface area (Å²) in [6, 6.07) is 0.409. The highest BCUT2D eigenvalue weighted by Crippen LogP contribution is 2.12. The van der Waals surface area contributed by atoms with Crippen LogP contribution in [0.1, 0.15) is 0 Å². The highest BCUT2D eigenvalue weighted by Gasteiger charge is 2.20. The van der Waals surface area contributed by atoms with Crippen molar-refractivity contribution in [3.8, 4) is 6.01 Å². The third-order valence-corrected chi connectivity index (χ3v) is 1.89. The van der Waals surface area contributed by atoms with Gasteiger partial charge in [0, 0.05) is 12.4 Å². The minimum atomic E-state index is 0.131. The number of rotatable bonds is 2. The van der Waals surface area contributed by atoms with Crippen molar-refractivity contribution >= 4 is 15.9 Å². The molecule has 0 spiro atoms. The molecular formula is C7H7BrN2O2. The molecule has 0 amide bonds. The van der Waals surface area contributed by atoms with Crippen LogP contribution in [-0.2, 0) is 4.74 Å². The first-order valence-corrected chi connectivity index (χ1v) is 4.36. The highest BCUT2D eigenvalue weighted by molar-refractivity contribution is 9.10. The van der Waals surface area contributed by atoms with Crippen molar-refractivity contribution < 1.29 is 9.47 Å². The number of halogens is 1. The maximum atomic E-state index is 5.34. The molecule has 0 radical (unpaired) electrons. The normalized spacial score (nSPS) is 17.1. The van der Waals surface area contributed by atoms with Gasteiger partial charge in [-0.3, -0.25) is 0 Å². The monoisotopic (exact) mass is 230 g/mol. The van der Waals surface area contributed by atoms with E-state index in [0.29, 0.717) is 19.2 Å². The second-order valence-corrected chi connectivity index (χ2v) is 3.38. The molecule has 0 atom stereocenters. The van der Waals surface area contributed by atoms with Crippen molar-refractivity contribution in [1.82, 2.24) is 9.97 Å². The zero-order chi connectivity index (χ0) is 8.39. The van der Waals surface area contributed by atoms with Gasteiger partial charge in [0.2, 0.25) is 0 Å². The van der Waals surface area contributed by atoms with E-state index in [-0.39, 0.29) is 6.10 Å². The van der Waals surface area contributed by atoms with Gasteiger partial charge in [0.25, 0.3) is 0 Å². The quantitative estimate of drug-likeness (QED) is 0.762.